The summed E-state index contributed by atoms with van der Waals surface area (Å²) in [6.45, 7) is 3.57. The summed E-state index contributed by atoms with van der Waals surface area (Å²) in [5, 5.41) is 20.1. The molecule has 0 amide bonds. The second kappa shape index (κ2) is 11.3. The summed E-state index contributed by atoms with van der Waals surface area (Å²) in [6.07, 6.45) is 5.76. The van der Waals surface area contributed by atoms with Crippen molar-refractivity contribution in [2.45, 2.75) is 37.8 Å². The van der Waals surface area contributed by atoms with Gasteiger partial charge in [-0.2, -0.15) is 10.2 Å². The molecule has 2 heterocycles. The van der Waals surface area contributed by atoms with E-state index in [1.165, 1.54) is 0 Å². The van der Waals surface area contributed by atoms with E-state index in [0.717, 1.165) is 57.4 Å². The Morgan fingerprint density at radius 3 is 2.00 bits per heavy atom. The third-order valence-corrected chi connectivity index (χ3v) is 5.65. The summed E-state index contributed by atoms with van der Waals surface area (Å²) in [6, 6.07) is 10.1. The van der Waals surface area contributed by atoms with Gasteiger partial charge in [0, 0.05) is 18.7 Å². The van der Waals surface area contributed by atoms with E-state index in [9.17, 15) is 0 Å². The maximum atomic E-state index is 6.03. The SMILES string of the molecule is NC(=S)N(N=CC(=NN(C(N)=S)C1CCCNC1)c1ccccc1)C1CCCNC1. The molecule has 0 spiro atoms. The van der Waals surface area contributed by atoms with Gasteiger partial charge in [0.05, 0.1) is 18.3 Å². The van der Waals surface area contributed by atoms with Crippen molar-refractivity contribution in [3.63, 3.8) is 0 Å². The minimum Gasteiger partial charge on any atom is -0.375 e. The van der Waals surface area contributed by atoms with E-state index < -0.39 is 0 Å². The molecule has 2 unspecified atom stereocenters. The van der Waals surface area contributed by atoms with Crippen molar-refractivity contribution < 1.29 is 0 Å². The highest BCUT2D eigenvalue weighted by Crippen LogP contribution is 2.14. The largest absolute Gasteiger partial charge is 0.375 e. The molecule has 2 fully saturated rings. The Morgan fingerprint density at radius 1 is 0.933 bits per heavy atom. The molecule has 2 atom stereocenters. The standard InChI is InChI=1S/C20H30N8S2/c21-19(29)27(16-8-4-10-23-12-16)25-14-18(15-6-2-1-3-7-15)26-28(20(22)30)17-9-5-11-24-13-17/h1-3,6-7,14,16-17,23-24H,4-5,8-13H2,(H2,21,29)(H2,22,30). The number of hydrogen-bond acceptors (Lipinski definition) is 6. The highest BCUT2D eigenvalue weighted by Gasteiger charge is 2.24. The summed E-state index contributed by atoms with van der Waals surface area (Å²) in [5.41, 5.74) is 13.6. The second-order valence-electron chi connectivity index (χ2n) is 7.46. The van der Waals surface area contributed by atoms with E-state index in [1.807, 2.05) is 30.3 Å². The van der Waals surface area contributed by atoms with Gasteiger partial charge in [0.25, 0.3) is 0 Å². The lowest BCUT2D eigenvalue weighted by Crippen LogP contribution is -2.49. The van der Waals surface area contributed by atoms with Gasteiger partial charge in [0.1, 0.15) is 5.71 Å². The van der Waals surface area contributed by atoms with Gasteiger partial charge in [-0.05, 0) is 63.2 Å². The van der Waals surface area contributed by atoms with E-state index in [2.05, 4.69) is 15.7 Å². The first kappa shape index (κ1) is 22.5. The highest BCUT2D eigenvalue weighted by atomic mass is 32.1. The zero-order chi connectivity index (χ0) is 21.3. The molecule has 162 valence electrons. The average molecular weight is 447 g/mol. The van der Waals surface area contributed by atoms with Crippen LogP contribution in [0.4, 0.5) is 0 Å². The molecule has 0 radical (unpaired) electrons. The fourth-order valence-electron chi connectivity index (χ4n) is 3.73. The van der Waals surface area contributed by atoms with Gasteiger partial charge in [0.2, 0.25) is 0 Å². The van der Waals surface area contributed by atoms with Crippen LogP contribution in [0.2, 0.25) is 0 Å². The fourth-order valence-corrected chi connectivity index (χ4v) is 4.11. The number of hydrogen-bond donors (Lipinski definition) is 4. The Labute approximate surface area is 188 Å². The minimum absolute atomic E-state index is 0.109. The fraction of sp³-hybridized carbons (Fsp3) is 0.500. The lowest BCUT2D eigenvalue weighted by Gasteiger charge is -2.32. The molecule has 2 aliphatic heterocycles. The molecule has 1 aromatic rings. The summed E-state index contributed by atoms with van der Waals surface area (Å²) in [4.78, 5) is 0. The predicted molar refractivity (Wildman–Crippen MR) is 131 cm³/mol. The van der Waals surface area contributed by atoms with Crippen LogP contribution in [0.15, 0.2) is 40.5 Å². The van der Waals surface area contributed by atoms with Crippen LogP contribution in [0.1, 0.15) is 31.2 Å². The molecule has 2 saturated heterocycles. The minimum atomic E-state index is 0.109. The van der Waals surface area contributed by atoms with Gasteiger partial charge in [-0.3, -0.25) is 0 Å². The van der Waals surface area contributed by atoms with Crippen LogP contribution in [0.3, 0.4) is 0 Å². The first-order chi connectivity index (χ1) is 14.6. The number of nitrogens with one attached hydrogen (secondary N) is 2. The van der Waals surface area contributed by atoms with Crippen LogP contribution in [-0.2, 0) is 0 Å². The van der Waals surface area contributed by atoms with Crippen LogP contribution in [-0.4, -0.2) is 70.4 Å². The van der Waals surface area contributed by atoms with Crippen LogP contribution >= 0.6 is 24.4 Å². The highest BCUT2D eigenvalue weighted by molar-refractivity contribution is 7.80. The monoisotopic (exact) mass is 446 g/mol. The molecule has 0 aromatic heterocycles. The van der Waals surface area contributed by atoms with E-state index in [-0.39, 0.29) is 22.3 Å². The second-order valence-corrected chi connectivity index (χ2v) is 8.30. The Kier molecular flexibility index (Phi) is 8.50. The smallest absolute Gasteiger partial charge is 0.187 e. The summed E-state index contributed by atoms with van der Waals surface area (Å²) >= 11 is 10.6. The van der Waals surface area contributed by atoms with Gasteiger partial charge < -0.3 is 22.1 Å². The Bertz CT molecular complexity index is 770. The van der Waals surface area contributed by atoms with E-state index in [1.54, 1.807) is 16.2 Å². The molecule has 0 aliphatic carbocycles. The third kappa shape index (κ3) is 6.18. The normalized spacial score (nSPS) is 22.6. The summed E-state index contributed by atoms with van der Waals surface area (Å²) in [5.74, 6) is 0. The molecule has 1 aromatic carbocycles. The molecule has 30 heavy (non-hydrogen) atoms. The van der Waals surface area contributed by atoms with Crippen LogP contribution in [0.25, 0.3) is 0 Å². The molecular formula is C20H30N8S2. The van der Waals surface area contributed by atoms with Gasteiger partial charge in [-0.15, -0.1) is 0 Å². The van der Waals surface area contributed by atoms with E-state index >= 15 is 0 Å². The number of hydrazone groups is 2. The molecule has 0 saturated carbocycles. The van der Waals surface area contributed by atoms with Gasteiger partial charge in [-0.1, -0.05) is 30.3 Å². The zero-order valence-corrected chi connectivity index (χ0v) is 18.7. The Morgan fingerprint density at radius 2 is 1.50 bits per heavy atom. The first-order valence-electron chi connectivity index (χ1n) is 10.3. The van der Waals surface area contributed by atoms with Crippen LogP contribution < -0.4 is 22.1 Å². The molecule has 2 aliphatic rings. The van der Waals surface area contributed by atoms with Crippen LogP contribution in [0.5, 0.6) is 0 Å². The van der Waals surface area contributed by atoms with Gasteiger partial charge in [0.15, 0.2) is 10.2 Å². The first-order valence-corrected chi connectivity index (χ1v) is 11.1. The van der Waals surface area contributed by atoms with Gasteiger partial charge >= 0.3 is 0 Å². The van der Waals surface area contributed by atoms with Crippen LogP contribution in [0, 0.1) is 0 Å². The summed E-state index contributed by atoms with van der Waals surface area (Å²) < 4.78 is 0. The Hall–Kier alpha value is -2.14. The Balaban J connectivity index is 1.91. The van der Waals surface area contributed by atoms with Crippen molar-refractivity contribution >= 4 is 46.6 Å². The number of thiocarbonyl (C=S) groups is 2. The summed E-state index contributed by atoms with van der Waals surface area (Å²) in [7, 11) is 0. The molecule has 6 N–H and O–H groups in total. The van der Waals surface area contributed by atoms with Crippen molar-refractivity contribution in [3.8, 4) is 0 Å². The van der Waals surface area contributed by atoms with Crippen molar-refractivity contribution in [2.75, 3.05) is 26.2 Å². The van der Waals surface area contributed by atoms with Crippen molar-refractivity contribution in [1.29, 1.82) is 0 Å². The zero-order valence-electron chi connectivity index (χ0n) is 17.0. The predicted octanol–water partition coefficient (Wildman–Crippen LogP) is 0.972. The third-order valence-electron chi connectivity index (χ3n) is 5.27. The topological polar surface area (TPSA) is 107 Å². The van der Waals surface area contributed by atoms with E-state index in [4.69, 9.17) is 41.0 Å². The van der Waals surface area contributed by atoms with Crippen molar-refractivity contribution in [3.05, 3.63) is 35.9 Å². The molecule has 3 rings (SSSR count). The lowest BCUT2D eigenvalue weighted by molar-refractivity contribution is 0.265. The number of piperidine rings is 2. The molecule has 0 bridgehead atoms. The number of nitrogens with two attached hydrogens (primary N) is 2. The molecule has 8 nitrogen and oxygen atoms in total. The van der Waals surface area contributed by atoms with Crippen molar-refractivity contribution in [2.24, 2.45) is 21.7 Å². The molecular weight excluding hydrogens is 416 g/mol. The number of nitrogens with zero attached hydrogens (tertiary/aromatic N) is 4. The molecule has 10 heteroatoms. The maximum Gasteiger partial charge on any atom is 0.187 e. The maximum absolute atomic E-state index is 6.03. The van der Waals surface area contributed by atoms with E-state index in [0.29, 0.717) is 5.71 Å². The quantitative estimate of drug-likeness (QED) is 0.291. The van der Waals surface area contributed by atoms with Gasteiger partial charge in [-0.25, -0.2) is 10.0 Å². The number of benzene rings is 1. The lowest BCUT2D eigenvalue weighted by atomic mass is 10.1. The number of rotatable bonds is 6. The average Bonchev–Trinajstić information content (AvgIpc) is 2.77. The van der Waals surface area contributed by atoms with Crippen molar-refractivity contribution in [1.82, 2.24) is 20.7 Å².